The molecule has 1 atom stereocenters. The Bertz CT molecular complexity index is 324. The van der Waals surface area contributed by atoms with Crippen LogP contribution in [0.3, 0.4) is 0 Å². The quantitative estimate of drug-likeness (QED) is 0.765. The van der Waals surface area contributed by atoms with Crippen LogP contribution in [0.4, 0.5) is 18.0 Å². The van der Waals surface area contributed by atoms with Crippen LogP contribution in [0.25, 0.3) is 0 Å². The lowest BCUT2D eigenvalue weighted by molar-refractivity contribution is -0.106. The van der Waals surface area contributed by atoms with Crippen molar-refractivity contribution in [3.63, 3.8) is 0 Å². The summed E-state index contributed by atoms with van der Waals surface area (Å²) in [5.74, 6) is -2.82. The van der Waals surface area contributed by atoms with Gasteiger partial charge in [0.05, 0.1) is 5.75 Å². The van der Waals surface area contributed by atoms with Crippen molar-refractivity contribution in [2.45, 2.75) is 19.1 Å². The summed E-state index contributed by atoms with van der Waals surface area (Å²) < 4.78 is 57.0. The first-order valence-corrected chi connectivity index (χ1v) is 5.60. The largest absolute Gasteiger partial charge is 0.465 e. The van der Waals surface area contributed by atoms with E-state index in [0.717, 1.165) is 0 Å². The topological polar surface area (TPSA) is 83.5 Å². The Labute approximate surface area is 84.2 Å². The van der Waals surface area contributed by atoms with Gasteiger partial charge in [0.25, 0.3) is 0 Å². The van der Waals surface area contributed by atoms with Crippen LogP contribution in [0.5, 0.6) is 0 Å². The predicted molar refractivity (Wildman–Crippen MR) is 45.3 cm³/mol. The van der Waals surface area contributed by atoms with Crippen LogP contribution in [0.15, 0.2) is 0 Å². The molecule has 2 N–H and O–H groups in total. The summed E-state index contributed by atoms with van der Waals surface area (Å²) in [7, 11) is -4.33. The number of sulfone groups is 1. The second-order valence-corrected chi connectivity index (χ2v) is 5.13. The third kappa shape index (κ3) is 8.03. The van der Waals surface area contributed by atoms with Gasteiger partial charge < -0.3 is 10.4 Å². The first-order valence-electron chi connectivity index (χ1n) is 3.78. The Morgan fingerprint density at radius 2 is 1.93 bits per heavy atom. The predicted octanol–water partition coefficient (Wildman–Crippen LogP) is 0.620. The van der Waals surface area contributed by atoms with Crippen molar-refractivity contribution in [2.75, 3.05) is 11.5 Å². The third-order valence-electron chi connectivity index (χ3n) is 1.26. The molecule has 0 rings (SSSR count). The van der Waals surface area contributed by atoms with Crippen molar-refractivity contribution in [1.82, 2.24) is 5.32 Å². The lowest BCUT2D eigenvalue weighted by atomic mass is 10.4. The summed E-state index contributed by atoms with van der Waals surface area (Å²) in [4.78, 5) is 10.1. The van der Waals surface area contributed by atoms with Crippen molar-refractivity contribution < 1.29 is 31.5 Å². The van der Waals surface area contributed by atoms with Crippen LogP contribution in [0.2, 0.25) is 0 Å². The highest BCUT2D eigenvalue weighted by atomic mass is 32.2. The fourth-order valence-electron chi connectivity index (χ4n) is 0.942. The monoisotopic (exact) mass is 249 g/mol. The fraction of sp³-hybridized carbons (Fsp3) is 0.833. The molecule has 0 aliphatic rings. The fourth-order valence-corrected chi connectivity index (χ4v) is 2.40. The second kappa shape index (κ2) is 4.69. The number of rotatable bonds is 4. The summed E-state index contributed by atoms with van der Waals surface area (Å²) in [5.41, 5.74) is 0. The Kier molecular flexibility index (Phi) is 4.38. The van der Waals surface area contributed by atoms with E-state index >= 15 is 0 Å². The molecule has 1 unspecified atom stereocenters. The molecule has 0 aliphatic carbocycles. The summed E-state index contributed by atoms with van der Waals surface area (Å²) in [6.45, 7) is 1.17. The molecular formula is C6H10F3NO4S. The first-order chi connectivity index (χ1) is 6.52. The minimum atomic E-state index is -4.80. The summed E-state index contributed by atoms with van der Waals surface area (Å²) in [6.07, 6.45) is -6.29. The Morgan fingerprint density at radius 3 is 2.27 bits per heavy atom. The van der Waals surface area contributed by atoms with Crippen LogP contribution >= 0.6 is 0 Å². The van der Waals surface area contributed by atoms with Crippen LogP contribution in [-0.2, 0) is 9.84 Å². The lowest BCUT2D eigenvalue weighted by Gasteiger charge is -2.12. The third-order valence-corrected chi connectivity index (χ3v) is 3.03. The van der Waals surface area contributed by atoms with Crippen molar-refractivity contribution in [3.8, 4) is 0 Å². The van der Waals surface area contributed by atoms with E-state index < -0.39 is 39.7 Å². The molecule has 9 heteroatoms. The van der Waals surface area contributed by atoms with Gasteiger partial charge in [0, 0.05) is 6.04 Å². The SMILES string of the molecule is CC(CS(=O)(=O)CC(F)(F)F)NC(=O)O. The Balaban J connectivity index is 4.33. The zero-order valence-corrected chi connectivity index (χ0v) is 8.52. The number of carboxylic acid groups (broad SMARTS) is 1. The van der Waals surface area contributed by atoms with E-state index in [1.54, 1.807) is 5.32 Å². The summed E-state index contributed by atoms with van der Waals surface area (Å²) >= 11 is 0. The van der Waals surface area contributed by atoms with E-state index in [1.807, 2.05) is 0 Å². The van der Waals surface area contributed by atoms with Gasteiger partial charge in [-0.05, 0) is 6.92 Å². The van der Waals surface area contributed by atoms with Gasteiger partial charge in [0.2, 0.25) is 0 Å². The van der Waals surface area contributed by atoms with Gasteiger partial charge in [0.1, 0.15) is 5.75 Å². The van der Waals surface area contributed by atoms with Gasteiger partial charge in [0.15, 0.2) is 9.84 Å². The molecule has 0 aromatic rings. The number of hydrogen-bond acceptors (Lipinski definition) is 3. The molecule has 1 amide bonds. The molecule has 0 saturated carbocycles. The molecule has 0 saturated heterocycles. The zero-order valence-electron chi connectivity index (χ0n) is 7.71. The number of carbonyl (C=O) groups is 1. The number of alkyl halides is 3. The number of nitrogens with one attached hydrogen (secondary N) is 1. The lowest BCUT2D eigenvalue weighted by Crippen LogP contribution is -2.38. The minimum Gasteiger partial charge on any atom is -0.465 e. The number of amides is 1. The first kappa shape index (κ1) is 14.0. The van der Waals surface area contributed by atoms with Gasteiger partial charge >= 0.3 is 12.3 Å². The van der Waals surface area contributed by atoms with Gasteiger partial charge in [-0.2, -0.15) is 13.2 Å². The Morgan fingerprint density at radius 1 is 1.47 bits per heavy atom. The van der Waals surface area contributed by atoms with Crippen LogP contribution in [-0.4, -0.2) is 43.3 Å². The molecule has 0 aromatic carbocycles. The van der Waals surface area contributed by atoms with E-state index in [-0.39, 0.29) is 0 Å². The normalized spacial score (nSPS) is 14.7. The van der Waals surface area contributed by atoms with E-state index in [2.05, 4.69) is 0 Å². The highest BCUT2D eigenvalue weighted by Gasteiger charge is 2.35. The highest BCUT2D eigenvalue weighted by molar-refractivity contribution is 7.91. The van der Waals surface area contributed by atoms with Crippen LogP contribution in [0.1, 0.15) is 6.92 Å². The number of halogens is 3. The average molecular weight is 249 g/mol. The Hall–Kier alpha value is -0.990. The van der Waals surface area contributed by atoms with E-state index in [1.165, 1.54) is 6.92 Å². The number of hydrogen-bond donors (Lipinski definition) is 2. The molecule has 0 spiro atoms. The molecule has 0 aromatic heterocycles. The maximum absolute atomic E-state index is 11.7. The van der Waals surface area contributed by atoms with E-state index in [0.29, 0.717) is 0 Å². The van der Waals surface area contributed by atoms with E-state index in [4.69, 9.17) is 5.11 Å². The maximum atomic E-state index is 11.7. The zero-order chi connectivity index (χ0) is 12.3. The maximum Gasteiger partial charge on any atom is 0.404 e. The van der Waals surface area contributed by atoms with Gasteiger partial charge in [-0.25, -0.2) is 13.2 Å². The standard InChI is InChI=1S/C6H10F3NO4S/c1-4(10-5(11)12)2-15(13,14)3-6(7,8)9/h4,10H,2-3H2,1H3,(H,11,12). The molecule has 0 fully saturated rings. The summed E-state index contributed by atoms with van der Waals surface area (Å²) in [6, 6.07) is -1.07. The van der Waals surface area contributed by atoms with Gasteiger partial charge in [-0.15, -0.1) is 0 Å². The van der Waals surface area contributed by atoms with Crippen LogP contribution < -0.4 is 5.32 Å². The van der Waals surface area contributed by atoms with Crippen molar-refractivity contribution in [3.05, 3.63) is 0 Å². The molecule has 0 bridgehead atoms. The smallest absolute Gasteiger partial charge is 0.404 e. The van der Waals surface area contributed by atoms with Crippen LogP contribution in [0, 0.1) is 0 Å². The molecule has 0 aliphatic heterocycles. The summed E-state index contributed by atoms with van der Waals surface area (Å²) in [5, 5.41) is 9.94. The molecule has 5 nitrogen and oxygen atoms in total. The molecule has 0 heterocycles. The highest BCUT2D eigenvalue weighted by Crippen LogP contribution is 2.17. The van der Waals surface area contributed by atoms with Crippen molar-refractivity contribution in [1.29, 1.82) is 0 Å². The molecular weight excluding hydrogens is 239 g/mol. The molecule has 90 valence electrons. The van der Waals surface area contributed by atoms with Crippen molar-refractivity contribution >= 4 is 15.9 Å². The van der Waals surface area contributed by atoms with Gasteiger partial charge in [-0.1, -0.05) is 0 Å². The minimum absolute atomic E-state index is 0.876. The molecule has 15 heavy (non-hydrogen) atoms. The average Bonchev–Trinajstić information content (AvgIpc) is 1.73. The van der Waals surface area contributed by atoms with E-state index in [9.17, 15) is 26.4 Å². The second-order valence-electron chi connectivity index (χ2n) is 3.02. The van der Waals surface area contributed by atoms with Crippen molar-refractivity contribution in [2.24, 2.45) is 0 Å². The molecule has 0 radical (unpaired) electrons. The van der Waals surface area contributed by atoms with Gasteiger partial charge in [-0.3, -0.25) is 0 Å².